The lowest BCUT2D eigenvalue weighted by Crippen LogP contribution is -2.29. The van der Waals surface area contributed by atoms with Crippen molar-refractivity contribution in [2.45, 2.75) is 52.1 Å². The second-order valence-electron chi connectivity index (χ2n) is 7.37. The number of anilines is 1. The standard InChI is InChI=1S/C21H24N4OS/c1-12(2)24-20(26)18-13(3)17-19(22-11-23-21(17)27-18)25-16-10-6-8-14-7-4-5-9-15(14)16/h4-5,7,9,11-12,16H,6,8,10H2,1-3H3,(H,24,26)(H,22,23,25)/t16-/m1/s1. The van der Waals surface area contributed by atoms with Crippen LogP contribution in [0.2, 0.25) is 0 Å². The fourth-order valence-electron chi connectivity index (χ4n) is 3.79. The molecule has 5 nitrogen and oxygen atoms in total. The summed E-state index contributed by atoms with van der Waals surface area (Å²) in [5.74, 6) is 0.776. The third kappa shape index (κ3) is 3.41. The summed E-state index contributed by atoms with van der Waals surface area (Å²) in [5, 5.41) is 7.57. The molecular formula is C21H24N4OS. The van der Waals surface area contributed by atoms with E-state index < -0.39 is 0 Å². The Labute approximate surface area is 163 Å². The van der Waals surface area contributed by atoms with Crippen molar-refractivity contribution in [3.63, 3.8) is 0 Å². The van der Waals surface area contributed by atoms with Gasteiger partial charge in [-0.2, -0.15) is 0 Å². The van der Waals surface area contributed by atoms with Crippen LogP contribution in [0.5, 0.6) is 0 Å². The van der Waals surface area contributed by atoms with Gasteiger partial charge in [-0.15, -0.1) is 11.3 Å². The molecule has 1 atom stereocenters. The molecule has 0 bridgehead atoms. The zero-order valence-corrected chi connectivity index (χ0v) is 16.7. The Bertz CT molecular complexity index is 995. The van der Waals surface area contributed by atoms with Crippen molar-refractivity contribution in [1.82, 2.24) is 15.3 Å². The van der Waals surface area contributed by atoms with Crippen LogP contribution in [0.1, 0.15) is 59.1 Å². The number of thiophene rings is 1. The molecule has 140 valence electrons. The fraction of sp³-hybridized carbons (Fsp3) is 0.381. The minimum atomic E-state index is -0.0422. The average Bonchev–Trinajstić information content (AvgIpc) is 2.99. The maximum Gasteiger partial charge on any atom is 0.261 e. The lowest BCUT2D eigenvalue weighted by atomic mass is 9.87. The Morgan fingerprint density at radius 1 is 1.26 bits per heavy atom. The Kier molecular flexibility index (Phi) is 4.83. The SMILES string of the molecule is Cc1c(C(=O)NC(C)C)sc2ncnc(N[C@@H]3CCCc4ccccc43)c12. The predicted octanol–water partition coefficient (Wildman–Crippen LogP) is 4.63. The number of hydrogen-bond donors (Lipinski definition) is 2. The van der Waals surface area contributed by atoms with E-state index in [1.807, 2.05) is 20.8 Å². The number of carbonyl (C=O) groups excluding carboxylic acids is 1. The molecule has 1 amide bonds. The van der Waals surface area contributed by atoms with Gasteiger partial charge < -0.3 is 10.6 Å². The van der Waals surface area contributed by atoms with Gasteiger partial charge in [0.05, 0.1) is 16.3 Å². The highest BCUT2D eigenvalue weighted by Crippen LogP contribution is 2.37. The second kappa shape index (κ2) is 7.27. The number of rotatable bonds is 4. The molecule has 2 N–H and O–H groups in total. The number of nitrogens with one attached hydrogen (secondary N) is 2. The maximum absolute atomic E-state index is 12.5. The van der Waals surface area contributed by atoms with Crippen molar-refractivity contribution in [3.8, 4) is 0 Å². The van der Waals surface area contributed by atoms with E-state index in [-0.39, 0.29) is 18.0 Å². The Morgan fingerprint density at radius 2 is 2.07 bits per heavy atom. The molecule has 0 unspecified atom stereocenters. The second-order valence-corrected chi connectivity index (χ2v) is 8.37. The van der Waals surface area contributed by atoms with Crippen molar-refractivity contribution in [1.29, 1.82) is 0 Å². The molecule has 2 heterocycles. The molecule has 6 heteroatoms. The van der Waals surface area contributed by atoms with Crippen LogP contribution in [-0.4, -0.2) is 21.9 Å². The zero-order chi connectivity index (χ0) is 19.0. The highest BCUT2D eigenvalue weighted by molar-refractivity contribution is 7.20. The molecule has 0 saturated carbocycles. The van der Waals surface area contributed by atoms with Crippen LogP contribution >= 0.6 is 11.3 Å². The molecule has 0 aliphatic heterocycles. The van der Waals surface area contributed by atoms with Crippen molar-refractivity contribution in [2.24, 2.45) is 0 Å². The van der Waals surface area contributed by atoms with Crippen LogP contribution in [-0.2, 0) is 6.42 Å². The number of amides is 1. The first kappa shape index (κ1) is 17.9. The van der Waals surface area contributed by atoms with Gasteiger partial charge in [0.2, 0.25) is 0 Å². The number of benzene rings is 1. The molecule has 1 aliphatic rings. The summed E-state index contributed by atoms with van der Waals surface area (Å²) in [7, 11) is 0. The molecule has 2 aromatic heterocycles. The first-order valence-electron chi connectivity index (χ1n) is 9.44. The van der Waals surface area contributed by atoms with Gasteiger partial charge in [0.25, 0.3) is 5.91 Å². The number of aromatic nitrogens is 2. The molecule has 0 spiro atoms. The maximum atomic E-state index is 12.5. The van der Waals surface area contributed by atoms with E-state index in [0.717, 1.165) is 40.9 Å². The van der Waals surface area contributed by atoms with E-state index in [4.69, 9.17) is 0 Å². The van der Waals surface area contributed by atoms with E-state index in [1.165, 1.54) is 22.5 Å². The largest absolute Gasteiger partial charge is 0.363 e. The third-order valence-electron chi connectivity index (χ3n) is 5.03. The number of hydrogen-bond acceptors (Lipinski definition) is 5. The van der Waals surface area contributed by atoms with E-state index in [2.05, 4.69) is 44.9 Å². The summed E-state index contributed by atoms with van der Waals surface area (Å²) < 4.78 is 0. The van der Waals surface area contributed by atoms with Gasteiger partial charge in [-0.3, -0.25) is 4.79 Å². The van der Waals surface area contributed by atoms with Gasteiger partial charge in [-0.05, 0) is 56.7 Å². The van der Waals surface area contributed by atoms with E-state index in [1.54, 1.807) is 6.33 Å². The highest BCUT2D eigenvalue weighted by Gasteiger charge is 2.23. The minimum Gasteiger partial charge on any atom is -0.363 e. The lowest BCUT2D eigenvalue weighted by molar-refractivity contribution is 0.0947. The fourth-order valence-corrected chi connectivity index (χ4v) is 4.85. The molecule has 1 aliphatic carbocycles. The molecule has 4 rings (SSSR count). The first-order chi connectivity index (χ1) is 13.0. The summed E-state index contributed by atoms with van der Waals surface area (Å²) >= 11 is 1.43. The van der Waals surface area contributed by atoms with Gasteiger partial charge in [0, 0.05) is 6.04 Å². The topological polar surface area (TPSA) is 66.9 Å². The summed E-state index contributed by atoms with van der Waals surface area (Å²) in [6.45, 7) is 5.92. The van der Waals surface area contributed by atoms with Crippen LogP contribution in [0, 0.1) is 6.92 Å². The summed E-state index contributed by atoms with van der Waals surface area (Å²) in [6, 6.07) is 8.95. The monoisotopic (exact) mass is 380 g/mol. The predicted molar refractivity (Wildman–Crippen MR) is 110 cm³/mol. The molecule has 0 saturated heterocycles. The number of aryl methyl sites for hydroxylation is 2. The molecule has 27 heavy (non-hydrogen) atoms. The zero-order valence-electron chi connectivity index (χ0n) is 15.9. The summed E-state index contributed by atoms with van der Waals surface area (Å²) in [5.41, 5.74) is 3.70. The van der Waals surface area contributed by atoms with Gasteiger partial charge in [0.15, 0.2) is 0 Å². The van der Waals surface area contributed by atoms with Crippen molar-refractivity contribution < 1.29 is 4.79 Å². The quantitative estimate of drug-likeness (QED) is 0.693. The molecule has 0 fully saturated rings. The molecule has 0 radical (unpaired) electrons. The number of fused-ring (bicyclic) bond motifs is 2. The van der Waals surface area contributed by atoms with Crippen LogP contribution in [0.25, 0.3) is 10.2 Å². The Morgan fingerprint density at radius 3 is 2.89 bits per heavy atom. The summed E-state index contributed by atoms with van der Waals surface area (Å²) in [6.07, 6.45) is 4.95. The lowest BCUT2D eigenvalue weighted by Gasteiger charge is -2.27. The van der Waals surface area contributed by atoms with Crippen molar-refractivity contribution in [3.05, 3.63) is 52.2 Å². The number of nitrogens with zero attached hydrogens (tertiary/aromatic N) is 2. The molecule has 1 aromatic carbocycles. The van der Waals surface area contributed by atoms with Crippen LogP contribution in [0.15, 0.2) is 30.6 Å². The van der Waals surface area contributed by atoms with Gasteiger partial charge >= 0.3 is 0 Å². The van der Waals surface area contributed by atoms with Crippen LogP contribution < -0.4 is 10.6 Å². The van der Waals surface area contributed by atoms with Gasteiger partial charge in [0.1, 0.15) is 17.0 Å². The minimum absolute atomic E-state index is 0.0422. The van der Waals surface area contributed by atoms with Crippen LogP contribution in [0.3, 0.4) is 0 Å². The van der Waals surface area contributed by atoms with Crippen LogP contribution in [0.4, 0.5) is 5.82 Å². The van der Waals surface area contributed by atoms with E-state index in [0.29, 0.717) is 4.88 Å². The van der Waals surface area contributed by atoms with Gasteiger partial charge in [-0.1, -0.05) is 24.3 Å². The summed E-state index contributed by atoms with van der Waals surface area (Å²) in [4.78, 5) is 23.0. The van der Waals surface area contributed by atoms with Gasteiger partial charge in [-0.25, -0.2) is 9.97 Å². The smallest absolute Gasteiger partial charge is 0.261 e. The van der Waals surface area contributed by atoms with E-state index in [9.17, 15) is 4.79 Å². The average molecular weight is 381 g/mol. The Balaban J connectivity index is 1.71. The van der Waals surface area contributed by atoms with E-state index >= 15 is 0 Å². The molecular weight excluding hydrogens is 356 g/mol. The normalized spacial score (nSPS) is 16.4. The molecule has 3 aromatic rings. The van der Waals surface area contributed by atoms with Crippen molar-refractivity contribution in [2.75, 3.05) is 5.32 Å². The third-order valence-corrected chi connectivity index (χ3v) is 6.23. The highest BCUT2D eigenvalue weighted by atomic mass is 32.1. The first-order valence-corrected chi connectivity index (χ1v) is 10.3. The number of carbonyl (C=O) groups is 1. The Hall–Kier alpha value is -2.47. The van der Waals surface area contributed by atoms with Crippen molar-refractivity contribution >= 4 is 33.3 Å².